The van der Waals surface area contributed by atoms with Gasteiger partial charge in [0, 0.05) is 17.0 Å². The van der Waals surface area contributed by atoms with Crippen molar-refractivity contribution in [2.45, 2.75) is 45.6 Å². The van der Waals surface area contributed by atoms with Gasteiger partial charge >= 0.3 is 0 Å². The molecule has 0 aromatic heterocycles. The van der Waals surface area contributed by atoms with Gasteiger partial charge in [0.05, 0.1) is 11.1 Å². The van der Waals surface area contributed by atoms with Crippen LogP contribution in [0.3, 0.4) is 0 Å². The molecule has 114 valence electrons. The molecule has 1 N–H and O–H groups in total. The standard InChI is InChI=1S/C16H18Cl2O3/c1-3-9-11(17)8-7-10(14(9)18)15(21)16(2)12(19)5-4-6-13(16)20/h7-8,12,19H,3-6H2,1-2H3. The summed E-state index contributed by atoms with van der Waals surface area (Å²) in [6, 6.07) is 3.15. The topological polar surface area (TPSA) is 54.4 Å². The first-order chi connectivity index (χ1) is 9.83. The average Bonchev–Trinajstić information content (AvgIpc) is 2.44. The van der Waals surface area contributed by atoms with Crippen molar-refractivity contribution in [3.8, 4) is 0 Å². The van der Waals surface area contributed by atoms with Crippen LogP contribution in [-0.2, 0) is 11.2 Å². The second kappa shape index (κ2) is 6.07. The zero-order chi connectivity index (χ0) is 15.8. The summed E-state index contributed by atoms with van der Waals surface area (Å²) in [4.78, 5) is 25.1. The summed E-state index contributed by atoms with van der Waals surface area (Å²) in [5, 5.41) is 11.0. The molecule has 1 aromatic rings. The van der Waals surface area contributed by atoms with Gasteiger partial charge in [-0.05, 0) is 43.9 Å². The Kier molecular flexibility index (Phi) is 4.76. The van der Waals surface area contributed by atoms with Crippen LogP contribution in [0.25, 0.3) is 0 Å². The maximum absolute atomic E-state index is 12.8. The predicted molar refractivity (Wildman–Crippen MR) is 83.1 cm³/mol. The average molecular weight is 329 g/mol. The third-order valence-corrected chi connectivity index (χ3v) is 5.17. The van der Waals surface area contributed by atoms with E-state index in [1.807, 2.05) is 6.92 Å². The van der Waals surface area contributed by atoms with Gasteiger partial charge in [-0.25, -0.2) is 0 Å². The van der Waals surface area contributed by atoms with Crippen LogP contribution in [-0.4, -0.2) is 22.8 Å². The molecule has 0 radical (unpaired) electrons. The van der Waals surface area contributed by atoms with Crippen molar-refractivity contribution in [2.24, 2.45) is 5.41 Å². The molecule has 21 heavy (non-hydrogen) atoms. The highest BCUT2D eigenvalue weighted by Crippen LogP contribution is 2.39. The summed E-state index contributed by atoms with van der Waals surface area (Å²) in [5.74, 6) is -0.647. The number of halogens is 2. The van der Waals surface area contributed by atoms with E-state index in [9.17, 15) is 14.7 Å². The molecule has 5 heteroatoms. The third-order valence-electron chi connectivity index (χ3n) is 4.38. The number of ketones is 2. The Balaban J connectivity index is 2.51. The van der Waals surface area contributed by atoms with Crippen LogP contribution in [0, 0.1) is 5.41 Å². The molecule has 0 amide bonds. The number of benzene rings is 1. The van der Waals surface area contributed by atoms with Gasteiger partial charge in [-0.1, -0.05) is 30.1 Å². The number of rotatable bonds is 3. The van der Waals surface area contributed by atoms with E-state index in [0.717, 1.165) is 0 Å². The van der Waals surface area contributed by atoms with E-state index in [-0.39, 0.29) is 16.4 Å². The highest BCUT2D eigenvalue weighted by molar-refractivity contribution is 6.38. The molecular formula is C16H18Cl2O3. The minimum atomic E-state index is -1.42. The van der Waals surface area contributed by atoms with Gasteiger partial charge in [0.15, 0.2) is 5.78 Å². The fraction of sp³-hybridized carbons (Fsp3) is 0.500. The highest BCUT2D eigenvalue weighted by Gasteiger charge is 2.49. The number of hydrogen-bond acceptors (Lipinski definition) is 3. The molecule has 0 spiro atoms. The lowest BCUT2D eigenvalue weighted by atomic mass is 9.68. The summed E-state index contributed by atoms with van der Waals surface area (Å²) >= 11 is 12.4. The van der Waals surface area contributed by atoms with Crippen LogP contribution in [0.2, 0.25) is 10.0 Å². The van der Waals surface area contributed by atoms with E-state index in [0.29, 0.717) is 36.3 Å². The Morgan fingerprint density at radius 2 is 2.10 bits per heavy atom. The Labute approximate surface area is 134 Å². The Hall–Kier alpha value is -0.900. The fourth-order valence-corrected chi connectivity index (χ4v) is 3.57. The monoisotopic (exact) mass is 328 g/mol. The van der Waals surface area contributed by atoms with Crippen molar-refractivity contribution >= 4 is 34.8 Å². The third kappa shape index (κ3) is 2.63. The van der Waals surface area contributed by atoms with Crippen LogP contribution in [0.4, 0.5) is 0 Å². The molecule has 1 aliphatic carbocycles. The normalized spacial score (nSPS) is 26.0. The molecule has 2 unspecified atom stereocenters. The van der Waals surface area contributed by atoms with Gasteiger partial charge in [-0.15, -0.1) is 0 Å². The second-order valence-corrected chi connectivity index (χ2v) is 6.39. The first-order valence-corrected chi connectivity index (χ1v) is 7.82. The Bertz CT molecular complexity index is 597. The van der Waals surface area contributed by atoms with Gasteiger partial charge in [0.1, 0.15) is 11.2 Å². The maximum Gasteiger partial charge on any atom is 0.180 e. The Morgan fingerprint density at radius 3 is 2.67 bits per heavy atom. The smallest absolute Gasteiger partial charge is 0.180 e. The van der Waals surface area contributed by atoms with Gasteiger partial charge in [0.2, 0.25) is 0 Å². The van der Waals surface area contributed by atoms with Crippen molar-refractivity contribution in [3.63, 3.8) is 0 Å². The van der Waals surface area contributed by atoms with Crippen LogP contribution < -0.4 is 0 Å². The van der Waals surface area contributed by atoms with Gasteiger partial charge in [-0.3, -0.25) is 9.59 Å². The molecule has 1 fully saturated rings. The largest absolute Gasteiger partial charge is 0.392 e. The molecule has 0 saturated heterocycles. The fourth-order valence-electron chi connectivity index (χ4n) is 2.84. The second-order valence-electron chi connectivity index (χ2n) is 5.60. The minimum Gasteiger partial charge on any atom is -0.392 e. The molecule has 0 heterocycles. The lowest BCUT2D eigenvalue weighted by Gasteiger charge is -2.35. The van der Waals surface area contributed by atoms with Crippen LogP contribution in [0.5, 0.6) is 0 Å². The number of carbonyl (C=O) groups excluding carboxylic acids is 2. The van der Waals surface area contributed by atoms with Gasteiger partial charge in [-0.2, -0.15) is 0 Å². The van der Waals surface area contributed by atoms with E-state index in [1.165, 1.54) is 13.0 Å². The summed E-state index contributed by atoms with van der Waals surface area (Å²) in [6.45, 7) is 3.40. The quantitative estimate of drug-likeness (QED) is 0.677. The molecule has 2 rings (SSSR count). The zero-order valence-electron chi connectivity index (χ0n) is 12.1. The van der Waals surface area contributed by atoms with E-state index >= 15 is 0 Å². The van der Waals surface area contributed by atoms with E-state index in [1.54, 1.807) is 6.07 Å². The molecule has 1 aromatic carbocycles. The number of aliphatic hydroxyl groups is 1. The molecule has 1 aliphatic rings. The number of hydrogen-bond donors (Lipinski definition) is 1. The SMILES string of the molecule is CCc1c(Cl)ccc(C(=O)C2(C)C(=O)CCCC2O)c1Cl. The maximum atomic E-state index is 12.8. The molecular weight excluding hydrogens is 311 g/mol. The summed E-state index contributed by atoms with van der Waals surface area (Å²) in [6.07, 6.45) is 0.983. The molecule has 0 bridgehead atoms. The first kappa shape index (κ1) is 16.5. The molecule has 1 saturated carbocycles. The number of Topliss-reactive ketones (excluding diaryl/α,β-unsaturated/α-hetero) is 2. The predicted octanol–water partition coefficient (Wildman–Crippen LogP) is 3.86. The number of carbonyl (C=O) groups is 2. The lowest BCUT2D eigenvalue weighted by Crippen LogP contribution is -2.49. The minimum absolute atomic E-state index is 0.227. The summed E-state index contributed by atoms with van der Waals surface area (Å²) < 4.78 is 0. The van der Waals surface area contributed by atoms with Crippen LogP contribution in [0.15, 0.2) is 12.1 Å². The van der Waals surface area contributed by atoms with Crippen molar-refractivity contribution in [1.29, 1.82) is 0 Å². The van der Waals surface area contributed by atoms with Gasteiger partial charge < -0.3 is 5.11 Å². The van der Waals surface area contributed by atoms with E-state index in [2.05, 4.69) is 0 Å². The Morgan fingerprint density at radius 1 is 1.43 bits per heavy atom. The molecule has 2 atom stereocenters. The van der Waals surface area contributed by atoms with Crippen molar-refractivity contribution in [1.82, 2.24) is 0 Å². The van der Waals surface area contributed by atoms with Crippen LogP contribution >= 0.6 is 23.2 Å². The summed E-state index contributed by atoms with van der Waals surface area (Å²) in [7, 11) is 0. The first-order valence-electron chi connectivity index (χ1n) is 7.07. The number of aliphatic hydroxyl groups excluding tert-OH is 1. The molecule has 0 aliphatic heterocycles. The van der Waals surface area contributed by atoms with E-state index < -0.39 is 17.3 Å². The van der Waals surface area contributed by atoms with Crippen molar-refractivity contribution in [3.05, 3.63) is 33.3 Å². The van der Waals surface area contributed by atoms with Crippen LogP contribution in [0.1, 0.15) is 49.0 Å². The molecule has 3 nitrogen and oxygen atoms in total. The van der Waals surface area contributed by atoms with Crippen molar-refractivity contribution < 1.29 is 14.7 Å². The van der Waals surface area contributed by atoms with Crippen molar-refractivity contribution in [2.75, 3.05) is 0 Å². The lowest BCUT2D eigenvalue weighted by molar-refractivity contribution is -0.134. The van der Waals surface area contributed by atoms with Gasteiger partial charge in [0.25, 0.3) is 0 Å². The summed E-state index contributed by atoms with van der Waals surface area (Å²) in [5.41, 5.74) is -0.471. The highest BCUT2D eigenvalue weighted by atomic mass is 35.5. The van der Waals surface area contributed by atoms with E-state index in [4.69, 9.17) is 23.2 Å². The zero-order valence-corrected chi connectivity index (χ0v) is 13.6.